The maximum Gasteiger partial charge on any atom is 0.412 e. The summed E-state index contributed by atoms with van der Waals surface area (Å²) in [6.45, 7) is 7.23. The molecule has 476 valence electrons. The smallest absolute Gasteiger partial charge is 0.412 e. The molecule has 0 aromatic heterocycles. The topological polar surface area (TPSA) is 311 Å². The molecule has 2 atom stereocenters. The lowest BCUT2D eigenvalue weighted by molar-refractivity contribution is 0.152. The molecule has 0 aliphatic heterocycles. The van der Waals surface area contributed by atoms with Crippen LogP contribution >= 0.6 is 0 Å². The number of nitrogens with one attached hydrogen (secondary N) is 5. The molecular formula is C80H58N13O5Si+. The third-order valence-corrected chi connectivity index (χ3v) is 13.3. The second-order valence-corrected chi connectivity index (χ2v) is 25.3. The van der Waals surface area contributed by atoms with Gasteiger partial charge in [0.05, 0.1) is 13.2 Å². The van der Waals surface area contributed by atoms with E-state index in [0.29, 0.717) is 58.2 Å². The summed E-state index contributed by atoms with van der Waals surface area (Å²) >= 11 is 0. The van der Waals surface area contributed by atoms with E-state index in [-0.39, 0.29) is 19.2 Å². The fourth-order valence-corrected chi connectivity index (χ4v) is 8.42. The van der Waals surface area contributed by atoms with Crippen LogP contribution in [0.5, 0.6) is 0 Å². The highest BCUT2D eigenvalue weighted by Crippen LogP contribution is 2.52. The van der Waals surface area contributed by atoms with Crippen LogP contribution in [-0.4, -0.2) is 46.0 Å². The summed E-state index contributed by atoms with van der Waals surface area (Å²) in [5, 5.41) is 63.4. The van der Waals surface area contributed by atoms with E-state index < -0.39 is 20.3 Å². The molecule has 6 aromatic rings. The van der Waals surface area contributed by atoms with Crippen molar-refractivity contribution in [1.29, 1.82) is 37.1 Å². The number of carbonyl (C=O) groups is 3. The normalized spacial score (nSPS) is 11.7. The van der Waals surface area contributed by atoms with E-state index in [1.807, 2.05) is 24.3 Å². The van der Waals surface area contributed by atoms with Gasteiger partial charge in [0, 0.05) is 110 Å². The van der Waals surface area contributed by atoms with Gasteiger partial charge in [-0.15, -0.1) is 36.7 Å². The predicted octanol–water partition coefficient (Wildman–Crippen LogP) is 12.7. The zero-order chi connectivity index (χ0) is 72.1. The molecule has 4 amide bonds. The quantitative estimate of drug-likeness (QED) is 0.0413. The first-order valence-corrected chi connectivity index (χ1v) is 32.9. The maximum atomic E-state index is 11.9. The lowest BCUT2D eigenvalue weighted by Crippen LogP contribution is -2.28. The average Bonchev–Trinajstić information content (AvgIpc) is 1.63. The van der Waals surface area contributed by atoms with Crippen molar-refractivity contribution >= 4 is 49.0 Å². The molecule has 0 bridgehead atoms. The molecule has 2 aliphatic rings. The second-order valence-electron chi connectivity index (χ2n) is 20.5. The molecule has 0 radical (unpaired) electrons. The van der Waals surface area contributed by atoms with Gasteiger partial charge in [0.2, 0.25) is 4.91 Å². The van der Waals surface area contributed by atoms with Gasteiger partial charge in [0.15, 0.2) is 53.8 Å². The van der Waals surface area contributed by atoms with Gasteiger partial charge in [-0.1, -0.05) is 78.8 Å². The van der Waals surface area contributed by atoms with Crippen LogP contribution in [0.25, 0.3) is 0 Å². The van der Waals surface area contributed by atoms with Gasteiger partial charge in [-0.2, -0.15) is 31.6 Å². The highest BCUT2D eigenvalue weighted by atomic mass is 28.3. The third kappa shape index (κ3) is 35.2. The Balaban J connectivity index is 0.000000314. The van der Waals surface area contributed by atoms with Crippen molar-refractivity contribution in [1.82, 2.24) is 10.2 Å². The fraction of sp³-hybridized carbons (Fsp3) is 0.163. The van der Waals surface area contributed by atoms with Crippen LogP contribution in [-0.2, 0) is 9.47 Å². The van der Waals surface area contributed by atoms with Crippen molar-refractivity contribution < 1.29 is 23.9 Å². The summed E-state index contributed by atoms with van der Waals surface area (Å²) in [5.41, 5.74) is 18.6. The first-order chi connectivity index (χ1) is 48.0. The molecule has 5 N–H and O–H groups in total. The van der Waals surface area contributed by atoms with Crippen LogP contribution in [0.3, 0.4) is 0 Å². The van der Waals surface area contributed by atoms with Crippen molar-refractivity contribution in [2.45, 2.75) is 45.3 Å². The Hall–Kier alpha value is -15.2. The highest BCUT2D eigenvalue weighted by Gasteiger charge is 2.49. The summed E-state index contributed by atoms with van der Waals surface area (Å²) in [5.74, 6) is 48.2. The van der Waals surface area contributed by atoms with Gasteiger partial charge < -0.3 is 20.1 Å². The number of nitrogens with zero attached hydrogens (tertiary/aromatic N) is 8. The SMILES string of the molecule is C#CCNC(=O)Nc1ccc(C#CC#N)cc1.C#CCOC(=O)Nc1ccc(C#CC#N)cc1.C#Cc1ccc(C#CC#N)cc1.C[Si](C)(C)C#Cc1ccc(C#CC#N)cc1.N#CC#Cc1ccc(N=[N+]=N)cc1.N#CC#Cc1ccc(NC(=O)OCC2C3CCC#CCCC32)cc1. The van der Waals surface area contributed by atoms with Crippen LogP contribution in [0.1, 0.15) is 70.2 Å². The number of urea groups is 1. The number of rotatable bonds is 8. The molecule has 0 heterocycles. The van der Waals surface area contributed by atoms with E-state index in [1.165, 1.54) is 0 Å². The number of amides is 4. The highest BCUT2D eigenvalue weighted by molar-refractivity contribution is 6.83. The fourth-order valence-electron chi connectivity index (χ4n) is 7.90. The second kappa shape index (κ2) is 46.8. The van der Waals surface area contributed by atoms with Gasteiger partial charge in [-0.25, -0.2) is 14.4 Å². The molecule has 19 heteroatoms. The van der Waals surface area contributed by atoms with Crippen LogP contribution in [0.15, 0.2) is 151 Å². The van der Waals surface area contributed by atoms with Crippen molar-refractivity contribution in [2.24, 2.45) is 22.9 Å². The first kappa shape index (κ1) is 78.0. The lowest BCUT2D eigenvalue weighted by atomic mass is 10.1. The predicted molar refractivity (Wildman–Crippen MR) is 380 cm³/mol. The summed E-state index contributed by atoms with van der Waals surface area (Å²) in [7, 11) is -1.31. The van der Waals surface area contributed by atoms with Gasteiger partial charge in [0.25, 0.3) is 0 Å². The van der Waals surface area contributed by atoms with E-state index >= 15 is 0 Å². The van der Waals surface area contributed by atoms with Gasteiger partial charge in [-0.05, 0) is 176 Å². The van der Waals surface area contributed by atoms with Crippen LogP contribution in [0.4, 0.5) is 37.1 Å². The molecule has 6 aromatic carbocycles. The van der Waals surface area contributed by atoms with Crippen LogP contribution < -0.4 is 26.2 Å². The number of benzene rings is 6. The standard InChI is InChI=1S/C20H18N2O2.C14H13NSi.C13H9N3O.C13H8N2O2.C11H5N.C9H5N4/c21-13-5-6-15-9-11-16(12-10-15)22-20(23)24-14-19-17-7-3-1-2-4-8-18(17)19;1-16(2,3)12-10-14-8-6-13(7-9-14)5-4-11-15;1-2-10-15-13(17)16-12-7-5-11(6-8-12)4-3-9-14;1-2-10-17-13(16)15-12-7-5-11(6-8-12)4-3-9-14;1-2-10-5-7-11(8-6-10)4-3-9-12;10-7-1-2-8-3-5-9(6-4-8)12-13-11/h9-12,17-19H,3-4,7-8,14H2,(H,22,23);6-9H,1-3H3;1,5-8H,10H2,(H2,15,16,17);1,5-8H,10H2,(H,15,16);1,5-8H;3-6,11H/q;;;;;+1. The Morgan fingerprint density at radius 1 is 0.495 bits per heavy atom. The minimum absolute atomic E-state index is 0.0719. The zero-order valence-electron chi connectivity index (χ0n) is 53.9. The molecule has 2 aliphatic carbocycles. The van der Waals surface area contributed by atoms with E-state index in [0.717, 1.165) is 59.1 Å². The number of carbonyl (C=O) groups excluding carboxylic acids is 3. The largest absolute Gasteiger partial charge is 0.449 e. The average molecular weight is 1310 g/mol. The molecule has 0 spiro atoms. The van der Waals surface area contributed by atoms with Crippen LogP contribution in [0.2, 0.25) is 19.6 Å². The maximum absolute atomic E-state index is 11.9. The summed E-state index contributed by atoms with van der Waals surface area (Å²) in [6, 6.07) is 52.2. The molecule has 1 saturated carbocycles. The molecule has 0 saturated heterocycles. The summed E-state index contributed by atoms with van der Waals surface area (Å²) < 4.78 is 10.0. The monoisotopic (exact) mass is 1310 g/mol. The number of fused-ring (bicyclic) bond motifs is 1. The minimum Gasteiger partial charge on any atom is -0.449 e. The van der Waals surface area contributed by atoms with Gasteiger partial charge in [0.1, 0.15) is 13.6 Å². The van der Waals surface area contributed by atoms with Gasteiger partial charge in [-0.3, -0.25) is 10.6 Å². The van der Waals surface area contributed by atoms with Crippen molar-refractivity contribution in [3.05, 3.63) is 190 Å². The Morgan fingerprint density at radius 3 is 1.16 bits per heavy atom. The lowest BCUT2D eigenvalue weighted by Gasteiger charge is -2.07. The molecule has 1 fully saturated rings. The molecule has 18 nitrogen and oxygen atoms in total. The minimum atomic E-state index is -1.31. The van der Waals surface area contributed by atoms with E-state index in [9.17, 15) is 14.4 Å². The number of terminal acetylenes is 3. The number of hydrogen-bond donors (Lipinski definition) is 5. The number of ether oxygens (including phenoxy) is 2. The molecule has 8 rings (SSSR count). The van der Waals surface area contributed by atoms with Crippen molar-refractivity contribution in [3.8, 4) is 168 Å². The van der Waals surface area contributed by atoms with E-state index in [2.05, 4.69) is 168 Å². The third-order valence-electron chi connectivity index (χ3n) is 12.4. The number of anilines is 3. The van der Waals surface area contributed by atoms with Crippen LogP contribution in [0, 0.1) is 223 Å². The zero-order valence-corrected chi connectivity index (χ0v) is 54.9. The molecular weight excluding hydrogens is 1250 g/mol. The van der Waals surface area contributed by atoms with Crippen molar-refractivity contribution in [3.63, 3.8) is 0 Å². The Kier molecular flexibility index (Phi) is 36.8. The first-order valence-electron chi connectivity index (χ1n) is 29.4. The number of nitriles is 6. The summed E-state index contributed by atoms with van der Waals surface area (Å²) in [4.78, 5) is 37.2. The van der Waals surface area contributed by atoms with E-state index in [1.54, 1.807) is 158 Å². The van der Waals surface area contributed by atoms with E-state index in [4.69, 9.17) is 61.1 Å². The summed E-state index contributed by atoms with van der Waals surface area (Å²) in [6.07, 6.45) is 18.2. The van der Waals surface area contributed by atoms with Gasteiger partial charge >= 0.3 is 18.2 Å². The molecule has 99 heavy (non-hydrogen) atoms. The Morgan fingerprint density at radius 2 is 0.828 bits per heavy atom. The number of hydrogen-bond acceptors (Lipinski definition) is 13. The van der Waals surface area contributed by atoms with Crippen molar-refractivity contribution in [2.75, 3.05) is 35.7 Å². The Labute approximate surface area is 579 Å². The Bertz CT molecular complexity index is 4680. The molecule has 2 unspecified atom stereocenters.